The molecule has 3 aromatic heterocycles. The minimum atomic E-state index is -2.68. The van der Waals surface area contributed by atoms with Crippen LogP contribution in [0.5, 0.6) is 5.88 Å². The number of fused-ring (bicyclic) bond motifs is 2. The Morgan fingerprint density at radius 2 is 2.00 bits per heavy atom. The number of alkyl halides is 2. The average Bonchev–Trinajstić information content (AvgIpc) is 3.35. The molecule has 4 aromatic rings. The summed E-state index contributed by atoms with van der Waals surface area (Å²) >= 11 is 0. The van der Waals surface area contributed by atoms with Crippen LogP contribution in [0.2, 0.25) is 0 Å². The van der Waals surface area contributed by atoms with E-state index in [1.165, 1.54) is 36.1 Å². The van der Waals surface area contributed by atoms with E-state index in [1.807, 2.05) is 6.92 Å². The predicted molar refractivity (Wildman–Crippen MR) is 132 cm³/mol. The fraction of sp³-hybridized carbons (Fsp3) is 0.440. The summed E-state index contributed by atoms with van der Waals surface area (Å²) in [5, 5.41) is 7.66. The van der Waals surface area contributed by atoms with Crippen molar-refractivity contribution in [3.63, 3.8) is 0 Å². The normalized spacial score (nSPS) is 18.1. The van der Waals surface area contributed by atoms with Gasteiger partial charge in [-0.2, -0.15) is 4.98 Å². The van der Waals surface area contributed by atoms with Gasteiger partial charge in [0.05, 0.1) is 30.9 Å². The van der Waals surface area contributed by atoms with Gasteiger partial charge >= 0.3 is 0 Å². The Morgan fingerprint density at radius 3 is 2.66 bits per heavy atom. The van der Waals surface area contributed by atoms with Crippen LogP contribution in [0.25, 0.3) is 27.7 Å². The molecule has 1 aliphatic heterocycles. The SMILES string of the molecule is COc1nc(N[C@H]2CCN(C(C)=O)C[C@H]2C)nn2cc(F)c(-c3cc(F)c4nc(C)n(CC(F)F)c4c3)c12. The molecule has 9 nitrogen and oxygen atoms in total. The maximum absolute atomic E-state index is 15.4. The molecule has 0 aliphatic carbocycles. The molecule has 1 aromatic carbocycles. The number of aryl methyl sites for hydroxylation is 1. The van der Waals surface area contributed by atoms with E-state index in [4.69, 9.17) is 4.74 Å². The van der Waals surface area contributed by atoms with E-state index < -0.39 is 24.6 Å². The first-order chi connectivity index (χ1) is 18.1. The van der Waals surface area contributed by atoms with Gasteiger partial charge in [0.1, 0.15) is 16.9 Å². The van der Waals surface area contributed by atoms with Crippen molar-refractivity contribution >= 4 is 28.4 Å². The summed E-state index contributed by atoms with van der Waals surface area (Å²) in [6.07, 6.45) is -0.867. The van der Waals surface area contributed by atoms with Gasteiger partial charge in [-0.3, -0.25) is 4.79 Å². The number of nitrogens with zero attached hydrogens (tertiary/aromatic N) is 6. The molecule has 0 spiro atoms. The Labute approximate surface area is 215 Å². The third-order valence-corrected chi connectivity index (χ3v) is 7.02. The maximum atomic E-state index is 15.4. The number of nitrogens with one attached hydrogen (secondary N) is 1. The maximum Gasteiger partial charge on any atom is 0.256 e. The first-order valence-electron chi connectivity index (χ1n) is 12.2. The molecule has 1 N–H and O–H groups in total. The van der Waals surface area contributed by atoms with Gasteiger partial charge in [0.2, 0.25) is 17.7 Å². The molecule has 0 unspecified atom stereocenters. The van der Waals surface area contributed by atoms with Gasteiger partial charge in [-0.15, -0.1) is 5.10 Å². The number of piperidine rings is 1. The van der Waals surface area contributed by atoms with Gasteiger partial charge in [-0.1, -0.05) is 6.92 Å². The summed E-state index contributed by atoms with van der Waals surface area (Å²) in [6.45, 7) is 5.57. The van der Waals surface area contributed by atoms with E-state index in [1.54, 1.807) is 4.90 Å². The lowest BCUT2D eigenvalue weighted by atomic mass is 9.94. The number of methoxy groups -OCH3 is 1. The molecule has 13 heteroatoms. The van der Waals surface area contributed by atoms with E-state index in [-0.39, 0.29) is 63.2 Å². The molecule has 1 saturated heterocycles. The van der Waals surface area contributed by atoms with E-state index in [2.05, 4.69) is 20.4 Å². The van der Waals surface area contributed by atoms with Crippen LogP contribution < -0.4 is 10.1 Å². The van der Waals surface area contributed by atoms with Gasteiger partial charge in [0.15, 0.2) is 11.6 Å². The molecule has 38 heavy (non-hydrogen) atoms. The van der Waals surface area contributed by atoms with Gasteiger partial charge in [-0.05, 0) is 37.0 Å². The smallest absolute Gasteiger partial charge is 0.256 e. The molecule has 4 heterocycles. The molecule has 0 radical (unpaired) electrons. The Bertz CT molecular complexity index is 1530. The second-order valence-electron chi connectivity index (χ2n) is 9.56. The fourth-order valence-electron chi connectivity index (χ4n) is 5.12. The first-order valence-corrected chi connectivity index (χ1v) is 12.2. The van der Waals surface area contributed by atoms with Gasteiger partial charge in [0.25, 0.3) is 6.43 Å². The number of benzene rings is 1. The Hall–Kier alpha value is -3.90. The molecular weight excluding hydrogens is 506 g/mol. The van der Waals surface area contributed by atoms with Crippen molar-refractivity contribution in [1.29, 1.82) is 0 Å². The van der Waals surface area contributed by atoms with Crippen molar-refractivity contribution < 1.29 is 27.1 Å². The lowest BCUT2D eigenvalue weighted by Gasteiger charge is -2.36. The lowest BCUT2D eigenvalue weighted by molar-refractivity contribution is -0.130. The molecule has 2 atom stereocenters. The van der Waals surface area contributed by atoms with Crippen LogP contribution in [0.1, 0.15) is 26.1 Å². The van der Waals surface area contributed by atoms with Crippen LogP contribution in [0.3, 0.4) is 0 Å². The number of imidazole rings is 1. The molecule has 1 amide bonds. The molecule has 0 saturated carbocycles. The molecule has 0 bridgehead atoms. The molecule has 1 fully saturated rings. The minimum Gasteiger partial charge on any atom is -0.479 e. The highest BCUT2D eigenvalue weighted by atomic mass is 19.3. The summed E-state index contributed by atoms with van der Waals surface area (Å²) in [5.41, 5.74) is 0.291. The number of carbonyl (C=O) groups is 1. The largest absolute Gasteiger partial charge is 0.479 e. The summed E-state index contributed by atoms with van der Waals surface area (Å²) in [5.74, 6) is -0.870. The van der Waals surface area contributed by atoms with Crippen LogP contribution in [0.4, 0.5) is 23.5 Å². The Morgan fingerprint density at radius 1 is 1.24 bits per heavy atom. The number of hydrogen-bond donors (Lipinski definition) is 1. The van der Waals surface area contributed by atoms with Crippen molar-refractivity contribution in [3.8, 4) is 17.0 Å². The van der Waals surface area contributed by atoms with Crippen LogP contribution in [0.15, 0.2) is 18.3 Å². The van der Waals surface area contributed by atoms with E-state index in [9.17, 15) is 13.6 Å². The predicted octanol–water partition coefficient (Wildman–Crippen LogP) is 4.28. The Kier molecular flexibility index (Phi) is 6.61. The van der Waals surface area contributed by atoms with Crippen molar-refractivity contribution in [1.82, 2.24) is 29.0 Å². The highest BCUT2D eigenvalue weighted by Crippen LogP contribution is 2.37. The quantitative estimate of drug-likeness (QED) is 0.373. The number of aromatic nitrogens is 5. The van der Waals surface area contributed by atoms with Crippen molar-refractivity contribution in [3.05, 3.63) is 35.8 Å². The number of likely N-dealkylation sites (tertiary alicyclic amines) is 1. The number of amides is 1. The molecule has 202 valence electrons. The van der Waals surface area contributed by atoms with E-state index >= 15 is 8.78 Å². The highest BCUT2D eigenvalue weighted by Gasteiger charge is 2.29. The van der Waals surface area contributed by atoms with Crippen molar-refractivity contribution in [2.45, 2.75) is 46.2 Å². The molecular formula is C25H27F4N7O2. The third-order valence-electron chi connectivity index (χ3n) is 7.02. The Balaban J connectivity index is 1.56. The van der Waals surface area contributed by atoms with Gasteiger partial charge < -0.3 is 19.5 Å². The molecule has 1 aliphatic rings. The van der Waals surface area contributed by atoms with E-state index in [0.29, 0.717) is 19.5 Å². The lowest BCUT2D eigenvalue weighted by Crippen LogP contribution is -2.47. The number of halogens is 4. The zero-order valence-electron chi connectivity index (χ0n) is 21.3. The topological polar surface area (TPSA) is 89.6 Å². The van der Waals surface area contributed by atoms with Gasteiger partial charge in [-0.25, -0.2) is 27.1 Å². The summed E-state index contributed by atoms with van der Waals surface area (Å²) < 4.78 is 64.7. The number of hydrogen-bond acceptors (Lipinski definition) is 6. The van der Waals surface area contributed by atoms with E-state index in [0.717, 1.165) is 12.3 Å². The number of ether oxygens (including phenoxy) is 1. The van der Waals surface area contributed by atoms with Crippen molar-refractivity contribution in [2.75, 3.05) is 25.5 Å². The van der Waals surface area contributed by atoms with Crippen LogP contribution in [0, 0.1) is 24.5 Å². The van der Waals surface area contributed by atoms with Crippen LogP contribution >= 0.6 is 0 Å². The second-order valence-corrected chi connectivity index (χ2v) is 9.56. The van der Waals surface area contributed by atoms with Crippen LogP contribution in [-0.2, 0) is 11.3 Å². The zero-order valence-corrected chi connectivity index (χ0v) is 21.3. The summed E-state index contributed by atoms with van der Waals surface area (Å²) in [6, 6.07) is 2.51. The number of anilines is 1. The third kappa shape index (κ3) is 4.50. The van der Waals surface area contributed by atoms with Crippen molar-refractivity contribution in [2.24, 2.45) is 5.92 Å². The second kappa shape index (κ2) is 9.76. The molecule has 5 rings (SSSR count). The standard InChI is InChI=1S/C25H27F4N7O2/c1-12-9-34(14(3)37)6-5-18(12)31-25-32-24(38-4)23-21(17(27)10-36(23)33-25)15-7-16(26)22-19(8-15)35(11-20(28)29)13(2)30-22/h7-8,10,12,18,20H,5-6,9,11H2,1-4H3,(H,31,33)/t12-,18+/m1/s1. The number of carbonyl (C=O) groups excluding carboxylic acids is 1. The summed E-state index contributed by atoms with van der Waals surface area (Å²) in [4.78, 5) is 22.0. The highest BCUT2D eigenvalue weighted by molar-refractivity contribution is 5.90. The average molecular weight is 534 g/mol. The monoisotopic (exact) mass is 533 g/mol. The summed E-state index contributed by atoms with van der Waals surface area (Å²) in [7, 11) is 1.37. The van der Waals surface area contributed by atoms with Crippen LogP contribution in [-0.4, -0.2) is 67.6 Å². The number of rotatable bonds is 6. The fourth-order valence-corrected chi connectivity index (χ4v) is 5.12. The zero-order chi connectivity index (χ0) is 27.3. The minimum absolute atomic E-state index is 0.0204. The first kappa shape index (κ1) is 25.7. The van der Waals surface area contributed by atoms with Gasteiger partial charge in [0, 0.05) is 26.1 Å².